The summed E-state index contributed by atoms with van der Waals surface area (Å²) in [5.74, 6) is 0.512. The number of aliphatic hydroxyl groups is 1. The molecule has 5 nitrogen and oxygen atoms in total. The number of hydrogen-bond donors (Lipinski definition) is 2. The average molecular weight is 514 g/mol. The van der Waals surface area contributed by atoms with Crippen LogP contribution in [0.4, 0.5) is 4.79 Å². The molecule has 4 rings (SSSR count). The summed E-state index contributed by atoms with van der Waals surface area (Å²) in [7, 11) is 0. The number of amides is 1. The van der Waals surface area contributed by atoms with Crippen molar-refractivity contribution in [1.29, 1.82) is 0 Å². The summed E-state index contributed by atoms with van der Waals surface area (Å²) in [6, 6.07) is 19.9. The molecule has 3 aromatic rings. The van der Waals surface area contributed by atoms with E-state index in [0.717, 1.165) is 25.7 Å². The summed E-state index contributed by atoms with van der Waals surface area (Å²) < 4.78 is 11.3. The van der Waals surface area contributed by atoms with Crippen LogP contribution in [0.25, 0.3) is 11.1 Å². The minimum atomic E-state index is -0.384. The molecule has 1 aliphatic rings. The van der Waals surface area contributed by atoms with E-state index in [1.165, 1.54) is 22.3 Å². The highest BCUT2D eigenvalue weighted by Crippen LogP contribution is 2.44. The molecule has 35 heavy (non-hydrogen) atoms. The third kappa shape index (κ3) is 6.29. The highest BCUT2D eigenvalue weighted by molar-refractivity contribution is 6.37. The Balaban J connectivity index is 1.12. The lowest BCUT2D eigenvalue weighted by Crippen LogP contribution is -2.27. The van der Waals surface area contributed by atoms with Gasteiger partial charge in [0, 0.05) is 12.5 Å². The lowest BCUT2D eigenvalue weighted by Gasteiger charge is -2.14. The molecular formula is C28H29Cl2NO4. The van der Waals surface area contributed by atoms with Gasteiger partial charge < -0.3 is 19.9 Å². The van der Waals surface area contributed by atoms with Gasteiger partial charge in [0.2, 0.25) is 0 Å². The second kappa shape index (κ2) is 12.3. The highest BCUT2D eigenvalue weighted by Gasteiger charge is 2.28. The Hall–Kier alpha value is -2.73. The Kier molecular flexibility index (Phi) is 8.91. The van der Waals surface area contributed by atoms with Gasteiger partial charge >= 0.3 is 6.09 Å². The van der Waals surface area contributed by atoms with Crippen LogP contribution < -0.4 is 10.1 Å². The quantitative estimate of drug-likeness (QED) is 0.272. The molecule has 0 unspecified atom stereocenters. The zero-order chi connectivity index (χ0) is 24.6. The summed E-state index contributed by atoms with van der Waals surface area (Å²) in [6.45, 7) is 1.26. The van der Waals surface area contributed by atoms with Crippen LogP contribution in [0.3, 0.4) is 0 Å². The molecule has 2 N–H and O–H groups in total. The number of hydrogen-bond acceptors (Lipinski definition) is 4. The van der Waals surface area contributed by atoms with Crippen LogP contribution in [0.2, 0.25) is 10.0 Å². The van der Waals surface area contributed by atoms with Crippen LogP contribution in [-0.4, -0.2) is 31.0 Å². The van der Waals surface area contributed by atoms with Crippen LogP contribution in [0.1, 0.15) is 48.3 Å². The molecule has 7 heteroatoms. The molecule has 1 aliphatic carbocycles. The fourth-order valence-electron chi connectivity index (χ4n) is 4.44. The SMILES string of the molecule is O=C(NCCCCCCOc1c(Cl)cc(CO)cc1Cl)OCC1c2ccccc2-c2ccccc21. The van der Waals surface area contributed by atoms with Crippen LogP contribution >= 0.6 is 23.2 Å². The Morgan fingerprint density at radius 3 is 2.11 bits per heavy atom. The fourth-order valence-corrected chi connectivity index (χ4v) is 5.08. The number of halogens is 2. The van der Waals surface area contributed by atoms with Crippen LogP contribution in [0.15, 0.2) is 60.7 Å². The molecule has 0 radical (unpaired) electrons. The minimum absolute atomic E-state index is 0.0648. The van der Waals surface area contributed by atoms with Crippen molar-refractivity contribution in [2.24, 2.45) is 0 Å². The number of rotatable bonds is 11. The zero-order valence-electron chi connectivity index (χ0n) is 19.4. The fraction of sp³-hybridized carbons (Fsp3) is 0.321. The van der Waals surface area contributed by atoms with E-state index in [4.69, 9.17) is 32.7 Å². The molecule has 0 saturated heterocycles. The lowest BCUT2D eigenvalue weighted by molar-refractivity contribution is 0.143. The van der Waals surface area contributed by atoms with Gasteiger partial charge in [-0.05, 0) is 52.8 Å². The number of carbonyl (C=O) groups is 1. The van der Waals surface area contributed by atoms with Crippen LogP contribution in [0, 0.1) is 0 Å². The van der Waals surface area contributed by atoms with E-state index in [1.54, 1.807) is 12.1 Å². The lowest BCUT2D eigenvalue weighted by atomic mass is 9.98. The van der Waals surface area contributed by atoms with Crippen molar-refractivity contribution in [3.8, 4) is 16.9 Å². The Morgan fingerprint density at radius 2 is 1.49 bits per heavy atom. The van der Waals surface area contributed by atoms with Gasteiger partial charge in [0.15, 0.2) is 5.75 Å². The van der Waals surface area contributed by atoms with Gasteiger partial charge in [-0.25, -0.2) is 4.79 Å². The van der Waals surface area contributed by atoms with Crippen molar-refractivity contribution >= 4 is 29.3 Å². The maximum Gasteiger partial charge on any atom is 0.407 e. The molecule has 0 atom stereocenters. The van der Waals surface area contributed by atoms with Crippen molar-refractivity contribution in [1.82, 2.24) is 5.32 Å². The topological polar surface area (TPSA) is 67.8 Å². The van der Waals surface area contributed by atoms with E-state index < -0.39 is 0 Å². The molecule has 0 heterocycles. The van der Waals surface area contributed by atoms with Crippen molar-refractivity contribution in [3.63, 3.8) is 0 Å². The van der Waals surface area contributed by atoms with Crippen molar-refractivity contribution in [3.05, 3.63) is 87.4 Å². The smallest absolute Gasteiger partial charge is 0.407 e. The second-order valence-corrected chi connectivity index (χ2v) is 9.38. The zero-order valence-corrected chi connectivity index (χ0v) is 20.9. The van der Waals surface area contributed by atoms with Gasteiger partial charge in [-0.1, -0.05) is 84.6 Å². The Bertz CT molecular complexity index is 1100. The normalized spacial score (nSPS) is 12.2. The van der Waals surface area contributed by atoms with Gasteiger partial charge in [-0.15, -0.1) is 0 Å². The first-order valence-corrected chi connectivity index (χ1v) is 12.6. The van der Waals surface area contributed by atoms with E-state index in [2.05, 4.69) is 29.6 Å². The number of carbonyl (C=O) groups excluding carboxylic acids is 1. The summed E-state index contributed by atoms with van der Waals surface area (Å²) in [5.41, 5.74) is 5.49. The molecule has 0 aliphatic heterocycles. The predicted octanol–water partition coefficient (Wildman–Crippen LogP) is 6.96. The number of unbranched alkanes of at least 4 members (excludes halogenated alkanes) is 3. The number of aliphatic hydroxyl groups excluding tert-OH is 1. The first kappa shape index (κ1) is 25.4. The van der Waals surface area contributed by atoms with Crippen LogP contribution in [-0.2, 0) is 11.3 Å². The second-order valence-electron chi connectivity index (χ2n) is 8.56. The van der Waals surface area contributed by atoms with Gasteiger partial charge in [-0.3, -0.25) is 0 Å². The van der Waals surface area contributed by atoms with E-state index >= 15 is 0 Å². The Labute approximate surface area is 216 Å². The molecule has 0 fully saturated rings. The summed E-state index contributed by atoms with van der Waals surface area (Å²) in [4.78, 5) is 12.2. The van der Waals surface area contributed by atoms with Crippen molar-refractivity contribution < 1.29 is 19.4 Å². The van der Waals surface area contributed by atoms with Crippen molar-refractivity contribution in [2.45, 2.75) is 38.2 Å². The van der Waals surface area contributed by atoms with Gasteiger partial charge in [-0.2, -0.15) is 0 Å². The first-order valence-electron chi connectivity index (χ1n) is 11.9. The minimum Gasteiger partial charge on any atom is -0.490 e. The van der Waals surface area contributed by atoms with Gasteiger partial charge in [0.1, 0.15) is 6.61 Å². The number of alkyl carbamates (subject to hydrolysis) is 1. The molecule has 0 bridgehead atoms. The molecular weight excluding hydrogens is 485 g/mol. The third-order valence-corrected chi connectivity index (χ3v) is 6.73. The first-order chi connectivity index (χ1) is 17.1. The van der Waals surface area contributed by atoms with E-state index in [1.807, 2.05) is 24.3 Å². The molecule has 0 spiro atoms. The molecule has 1 amide bonds. The monoisotopic (exact) mass is 513 g/mol. The number of fused-ring (bicyclic) bond motifs is 3. The van der Waals surface area contributed by atoms with E-state index in [9.17, 15) is 9.90 Å². The Morgan fingerprint density at radius 1 is 0.886 bits per heavy atom. The third-order valence-electron chi connectivity index (χ3n) is 6.17. The average Bonchev–Trinajstić information content (AvgIpc) is 3.19. The summed E-state index contributed by atoms with van der Waals surface area (Å²) >= 11 is 12.3. The van der Waals surface area contributed by atoms with Gasteiger partial charge in [0.05, 0.1) is 23.3 Å². The van der Waals surface area contributed by atoms with E-state index in [-0.39, 0.29) is 18.6 Å². The molecule has 0 saturated carbocycles. The number of benzene rings is 3. The maximum atomic E-state index is 12.2. The molecule has 0 aromatic heterocycles. The highest BCUT2D eigenvalue weighted by atomic mass is 35.5. The molecule has 3 aromatic carbocycles. The maximum absolute atomic E-state index is 12.2. The molecule has 184 valence electrons. The van der Waals surface area contributed by atoms with E-state index in [0.29, 0.717) is 41.1 Å². The largest absolute Gasteiger partial charge is 0.490 e. The predicted molar refractivity (Wildman–Crippen MR) is 139 cm³/mol. The summed E-state index contributed by atoms with van der Waals surface area (Å²) in [5, 5.41) is 12.8. The van der Waals surface area contributed by atoms with Gasteiger partial charge in [0.25, 0.3) is 0 Å². The standard InChI is InChI=1S/C28H29Cl2NO4/c29-25-15-19(17-32)16-26(30)27(25)34-14-8-2-1-7-13-31-28(33)35-18-24-22-11-5-3-9-20(22)21-10-4-6-12-23(21)24/h3-6,9-12,15-16,24,32H,1-2,7-8,13-14,17-18H2,(H,31,33). The van der Waals surface area contributed by atoms with Crippen molar-refractivity contribution in [2.75, 3.05) is 19.8 Å². The number of nitrogens with one attached hydrogen (secondary N) is 1. The number of ether oxygens (including phenoxy) is 2. The summed E-state index contributed by atoms with van der Waals surface area (Å²) in [6.07, 6.45) is 3.23. The van der Waals surface area contributed by atoms with Crippen LogP contribution in [0.5, 0.6) is 5.75 Å².